The molecule has 13 heavy (non-hydrogen) atoms. The largest absolute Gasteiger partial charge is 0.478 e. The molecule has 0 spiro atoms. The molecule has 0 unspecified atom stereocenters. The summed E-state index contributed by atoms with van der Waals surface area (Å²) >= 11 is -0.253. The van der Waals surface area contributed by atoms with Gasteiger partial charge >= 0.3 is 5.97 Å². The molecule has 0 fully saturated rings. The van der Waals surface area contributed by atoms with Gasteiger partial charge in [0.05, 0.1) is 5.56 Å². The van der Waals surface area contributed by atoms with Gasteiger partial charge in [-0.3, -0.25) is 0 Å². The van der Waals surface area contributed by atoms with E-state index in [-0.39, 0.29) is 20.7 Å². The SMILES string of the molecule is O=C(O)c1cccc2c1I=CC=C2. The van der Waals surface area contributed by atoms with E-state index in [9.17, 15) is 4.79 Å². The van der Waals surface area contributed by atoms with Gasteiger partial charge in [0.2, 0.25) is 0 Å². The van der Waals surface area contributed by atoms with Crippen LogP contribution in [0.2, 0.25) is 0 Å². The van der Waals surface area contributed by atoms with Crippen molar-refractivity contribution in [2.75, 3.05) is 0 Å². The average molecular weight is 286 g/mol. The summed E-state index contributed by atoms with van der Waals surface area (Å²) in [6.45, 7) is 0. The third kappa shape index (κ3) is 1.56. The Kier molecular flexibility index (Phi) is 2.26. The Labute approximate surface area is 85.6 Å². The molecule has 1 aromatic carbocycles. The third-order valence-electron chi connectivity index (χ3n) is 1.78. The minimum atomic E-state index is -0.819. The molecule has 0 aromatic heterocycles. The Hall–Kier alpha value is -0.970. The van der Waals surface area contributed by atoms with E-state index in [0.717, 1.165) is 9.13 Å². The maximum absolute atomic E-state index is 10.9. The Morgan fingerprint density at radius 1 is 1.38 bits per heavy atom. The number of carboxylic acids is 1. The molecule has 0 amide bonds. The van der Waals surface area contributed by atoms with Crippen molar-refractivity contribution < 1.29 is 9.90 Å². The minimum absolute atomic E-state index is 0.253. The molecule has 0 saturated heterocycles. The predicted molar refractivity (Wildman–Crippen MR) is 61.2 cm³/mol. The van der Waals surface area contributed by atoms with Gasteiger partial charge in [-0.25, -0.2) is 4.79 Å². The van der Waals surface area contributed by atoms with Gasteiger partial charge in [0.25, 0.3) is 0 Å². The van der Waals surface area contributed by atoms with Crippen molar-refractivity contribution in [2.45, 2.75) is 0 Å². The molecule has 1 aliphatic rings. The van der Waals surface area contributed by atoms with E-state index >= 15 is 0 Å². The summed E-state index contributed by atoms with van der Waals surface area (Å²) in [6.07, 6.45) is 3.96. The fourth-order valence-corrected chi connectivity index (χ4v) is 3.44. The molecule has 1 aliphatic heterocycles. The van der Waals surface area contributed by atoms with Gasteiger partial charge < -0.3 is 5.11 Å². The number of rotatable bonds is 1. The maximum Gasteiger partial charge on any atom is 0.336 e. The third-order valence-corrected chi connectivity index (χ3v) is 4.38. The first-order valence-electron chi connectivity index (χ1n) is 3.78. The molecule has 66 valence electrons. The lowest BCUT2D eigenvalue weighted by atomic mass is 10.1. The lowest BCUT2D eigenvalue weighted by molar-refractivity contribution is 0.0695. The van der Waals surface area contributed by atoms with E-state index < -0.39 is 5.97 Å². The molecule has 0 radical (unpaired) electrons. The van der Waals surface area contributed by atoms with Crippen LogP contribution in [0.5, 0.6) is 0 Å². The van der Waals surface area contributed by atoms with Gasteiger partial charge in [-0.2, -0.15) is 0 Å². The first kappa shape index (κ1) is 8.62. The van der Waals surface area contributed by atoms with E-state index in [1.807, 2.05) is 18.2 Å². The zero-order chi connectivity index (χ0) is 9.26. The second kappa shape index (κ2) is 3.41. The molecule has 0 atom stereocenters. The van der Waals surface area contributed by atoms with Crippen LogP contribution < -0.4 is 0 Å². The molecule has 2 rings (SSSR count). The number of carbonyl (C=O) groups is 1. The first-order chi connectivity index (χ1) is 6.29. The smallest absolute Gasteiger partial charge is 0.336 e. The van der Waals surface area contributed by atoms with Crippen molar-refractivity contribution >= 4 is 36.8 Å². The Balaban J connectivity index is 2.67. The lowest BCUT2D eigenvalue weighted by Gasteiger charge is -2.06. The predicted octanol–water partition coefficient (Wildman–Crippen LogP) is 2.35. The van der Waals surface area contributed by atoms with E-state index in [1.54, 1.807) is 12.1 Å². The van der Waals surface area contributed by atoms with E-state index in [0.29, 0.717) is 5.56 Å². The number of fused-ring (bicyclic) bond motifs is 1. The van der Waals surface area contributed by atoms with Crippen molar-refractivity contribution in [1.29, 1.82) is 0 Å². The van der Waals surface area contributed by atoms with Crippen LogP contribution in [0.25, 0.3) is 6.08 Å². The van der Waals surface area contributed by atoms with Gasteiger partial charge in [0.15, 0.2) is 0 Å². The summed E-state index contributed by atoms with van der Waals surface area (Å²) in [5.41, 5.74) is 1.53. The monoisotopic (exact) mass is 286 g/mol. The molecule has 1 aromatic rings. The fraction of sp³-hybridized carbons (Fsp3) is 0. The van der Waals surface area contributed by atoms with Crippen molar-refractivity contribution in [3.63, 3.8) is 0 Å². The number of halogens is 1. The van der Waals surface area contributed by atoms with Crippen molar-refractivity contribution in [3.8, 4) is 0 Å². The molecule has 1 heterocycles. The highest BCUT2D eigenvalue weighted by atomic mass is 127. The van der Waals surface area contributed by atoms with Gasteiger partial charge in [-0.15, -0.1) is 0 Å². The second-order valence-electron chi connectivity index (χ2n) is 2.61. The van der Waals surface area contributed by atoms with Crippen LogP contribution in [0.4, 0.5) is 0 Å². The number of hydrogen-bond donors (Lipinski definition) is 1. The van der Waals surface area contributed by atoms with Gasteiger partial charge in [0.1, 0.15) is 0 Å². The molecular formula is C10H7IO2. The normalized spacial score (nSPS) is 13.2. The van der Waals surface area contributed by atoms with Crippen molar-refractivity contribution in [1.82, 2.24) is 0 Å². The Morgan fingerprint density at radius 3 is 3.00 bits per heavy atom. The summed E-state index contributed by atoms with van der Waals surface area (Å²) in [5, 5.41) is 8.92. The molecule has 0 saturated carbocycles. The Bertz CT molecular complexity index is 419. The summed E-state index contributed by atoms with van der Waals surface area (Å²) in [5.74, 6) is -0.819. The van der Waals surface area contributed by atoms with E-state index in [1.165, 1.54) is 0 Å². The lowest BCUT2D eigenvalue weighted by Crippen LogP contribution is -2.02. The number of carboxylic acid groups (broad SMARTS) is 1. The zero-order valence-corrected chi connectivity index (χ0v) is 8.86. The molecule has 1 N–H and O–H groups in total. The standard InChI is InChI=1S/C10H7IO2/c12-10(13)8-5-1-3-7-4-2-6-11-9(7)8/h1-6H,(H,12,13). The molecule has 0 bridgehead atoms. The number of benzene rings is 1. The number of aromatic carboxylic acids is 1. The highest BCUT2D eigenvalue weighted by Crippen LogP contribution is 2.25. The summed E-state index contributed by atoms with van der Waals surface area (Å²) in [7, 11) is 0. The number of allylic oxidation sites excluding steroid dienone is 1. The molecule has 3 heteroatoms. The average Bonchev–Trinajstić information content (AvgIpc) is 2.17. The van der Waals surface area contributed by atoms with Crippen LogP contribution in [-0.2, 0) is 0 Å². The van der Waals surface area contributed by atoms with E-state index in [2.05, 4.69) is 4.01 Å². The van der Waals surface area contributed by atoms with Gasteiger partial charge in [-0.1, -0.05) is 45.0 Å². The minimum Gasteiger partial charge on any atom is -0.478 e. The molecule has 2 nitrogen and oxygen atoms in total. The van der Waals surface area contributed by atoms with Crippen LogP contribution in [-0.4, -0.2) is 15.1 Å². The summed E-state index contributed by atoms with van der Waals surface area (Å²) < 4.78 is 3.10. The molecule has 0 aliphatic carbocycles. The Morgan fingerprint density at radius 2 is 2.23 bits per heavy atom. The first-order valence-corrected chi connectivity index (χ1v) is 6.11. The van der Waals surface area contributed by atoms with Gasteiger partial charge in [0, 0.05) is 3.57 Å². The van der Waals surface area contributed by atoms with Crippen molar-refractivity contribution in [3.05, 3.63) is 39.0 Å². The van der Waals surface area contributed by atoms with Crippen LogP contribution >= 0.6 is 20.7 Å². The topological polar surface area (TPSA) is 37.3 Å². The zero-order valence-electron chi connectivity index (χ0n) is 6.70. The maximum atomic E-state index is 10.9. The summed E-state index contributed by atoms with van der Waals surface area (Å²) in [4.78, 5) is 10.9. The van der Waals surface area contributed by atoms with Crippen LogP contribution in [0.1, 0.15) is 15.9 Å². The van der Waals surface area contributed by atoms with E-state index in [4.69, 9.17) is 5.11 Å². The second-order valence-corrected chi connectivity index (χ2v) is 5.03. The highest BCUT2D eigenvalue weighted by Gasteiger charge is 2.11. The van der Waals surface area contributed by atoms with Crippen LogP contribution in [0, 0.1) is 3.57 Å². The van der Waals surface area contributed by atoms with Gasteiger partial charge in [-0.05, 0) is 15.6 Å². The van der Waals surface area contributed by atoms with Crippen LogP contribution in [0.3, 0.4) is 0 Å². The molecular weight excluding hydrogens is 279 g/mol. The fourth-order valence-electron chi connectivity index (χ4n) is 1.20. The van der Waals surface area contributed by atoms with Crippen molar-refractivity contribution in [2.24, 2.45) is 0 Å². The summed E-state index contributed by atoms with van der Waals surface area (Å²) in [6, 6.07) is 5.43. The quantitative estimate of drug-likeness (QED) is 0.805. The highest BCUT2D eigenvalue weighted by molar-refractivity contribution is 14.2. The van der Waals surface area contributed by atoms with Crippen LogP contribution in [0.15, 0.2) is 24.3 Å². The number of hydrogen-bond acceptors (Lipinski definition) is 1.